The normalized spacial score (nSPS) is 13.4. The van der Waals surface area contributed by atoms with E-state index in [0.717, 1.165) is 36.2 Å². The van der Waals surface area contributed by atoms with Gasteiger partial charge in [0, 0.05) is 19.3 Å². The number of aromatic nitrogens is 2. The zero-order valence-electron chi connectivity index (χ0n) is 12.0. The number of benzene rings is 1. The summed E-state index contributed by atoms with van der Waals surface area (Å²) in [6.45, 7) is 2.68. The molecule has 1 aromatic carbocycles. The second-order valence-electron chi connectivity index (χ2n) is 5.07. The van der Waals surface area contributed by atoms with Crippen LogP contribution in [0.1, 0.15) is 29.7 Å². The molecule has 114 valence electrons. The number of halogens is 3. The fourth-order valence-electron chi connectivity index (χ4n) is 2.11. The molecule has 2 aromatic rings. The lowest BCUT2D eigenvalue weighted by molar-refractivity contribution is -0.137. The van der Waals surface area contributed by atoms with Crippen LogP contribution in [-0.2, 0) is 19.6 Å². The van der Waals surface area contributed by atoms with Gasteiger partial charge in [-0.05, 0) is 43.1 Å². The first kappa shape index (κ1) is 15.6. The van der Waals surface area contributed by atoms with Crippen LogP contribution in [0, 0.1) is 0 Å². The Morgan fingerprint density at radius 1 is 1.24 bits per heavy atom. The van der Waals surface area contributed by atoms with Gasteiger partial charge < -0.3 is 5.32 Å². The smallest absolute Gasteiger partial charge is 0.310 e. The number of hydrogen-bond acceptors (Lipinski definition) is 2. The SMILES string of the molecule is CC(NCCc1cnn(C)c1)c1ccc(C(F)(F)F)cc1. The predicted molar refractivity (Wildman–Crippen MR) is 74.8 cm³/mol. The van der Waals surface area contributed by atoms with Gasteiger partial charge in [-0.2, -0.15) is 18.3 Å². The highest BCUT2D eigenvalue weighted by Gasteiger charge is 2.30. The quantitative estimate of drug-likeness (QED) is 0.917. The van der Waals surface area contributed by atoms with Crippen LogP contribution in [0.4, 0.5) is 13.2 Å². The number of rotatable bonds is 5. The predicted octanol–water partition coefficient (Wildman–Crippen LogP) is 3.33. The van der Waals surface area contributed by atoms with Crippen molar-refractivity contribution >= 4 is 0 Å². The number of nitrogens with zero attached hydrogens (tertiary/aromatic N) is 2. The van der Waals surface area contributed by atoms with Crippen molar-refractivity contribution in [2.24, 2.45) is 7.05 Å². The van der Waals surface area contributed by atoms with Gasteiger partial charge in [0.1, 0.15) is 0 Å². The first-order valence-corrected chi connectivity index (χ1v) is 6.74. The van der Waals surface area contributed by atoms with Crippen LogP contribution in [0.3, 0.4) is 0 Å². The second-order valence-corrected chi connectivity index (χ2v) is 5.07. The van der Waals surface area contributed by atoms with Gasteiger partial charge in [0.05, 0.1) is 11.8 Å². The molecule has 0 saturated carbocycles. The van der Waals surface area contributed by atoms with E-state index in [2.05, 4.69) is 10.4 Å². The average Bonchev–Trinajstić information content (AvgIpc) is 2.83. The van der Waals surface area contributed by atoms with Crippen molar-refractivity contribution in [3.8, 4) is 0 Å². The molecule has 0 fully saturated rings. The van der Waals surface area contributed by atoms with Crippen molar-refractivity contribution < 1.29 is 13.2 Å². The van der Waals surface area contributed by atoms with Gasteiger partial charge in [-0.25, -0.2) is 0 Å². The molecule has 0 radical (unpaired) electrons. The van der Waals surface area contributed by atoms with Gasteiger partial charge in [-0.3, -0.25) is 4.68 Å². The molecule has 3 nitrogen and oxygen atoms in total. The van der Waals surface area contributed by atoms with Crippen LogP contribution in [0.2, 0.25) is 0 Å². The highest BCUT2D eigenvalue weighted by Crippen LogP contribution is 2.29. The largest absolute Gasteiger partial charge is 0.416 e. The van der Waals surface area contributed by atoms with E-state index >= 15 is 0 Å². The van der Waals surface area contributed by atoms with E-state index in [0.29, 0.717) is 0 Å². The third-order valence-electron chi connectivity index (χ3n) is 3.36. The van der Waals surface area contributed by atoms with E-state index in [1.165, 1.54) is 12.1 Å². The van der Waals surface area contributed by atoms with Crippen LogP contribution >= 0.6 is 0 Å². The molecular formula is C15H18F3N3. The minimum atomic E-state index is -4.28. The minimum absolute atomic E-state index is 0.00366. The number of nitrogens with one attached hydrogen (secondary N) is 1. The zero-order valence-corrected chi connectivity index (χ0v) is 12.0. The molecule has 0 aliphatic carbocycles. The Morgan fingerprint density at radius 3 is 2.43 bits per heavy atom. The maximum absolute atomic E-state index is 12.5. The van der Waals surface area contributed by atoms with Crippen molar-refractivity contribution in [1.29, 1.82) is 0 Å². The molecule has 0 saturated heterocycles. The lowest BCUT2D eigenvalue weighted by atomic mass is 10.1. The highest BCUT2D eigenvalue weighted by atomic mass is 19.4. The lowest BCUT2D eigenvalue weighted by Gasteiger charge is -2.15. The molecule has 1 unspecified atom stereocenters. The molecule has 0 aliphatic rings. The summed E-state index contributed by atoms with van der Waals surface area (Å²) >= 11 is 0. The fourth-order valence-corrected chi connectivity index (χ4v) is 2.11. The van der Waals surface area contributed by atoms with Crippen LogP contribution in [0.15, 0.2) is 36.7 Å². The minimum Gasteiger partial charge on any atom is -0.310 e. The van der Waals surface area contributed by atoms with E-state index in [-0.39, 0.29) is 6.04 Å². The fraction of sp³-hybridized carbons (Fsp3) is 0.400. The summed E-state index contributed by atoms with van der Waals surface area (Å²) < 4.78 is 39.2. The molecule has 1 atom stereocenters. The molecule has 0 aliphatic heterocycles. The highest BCUT2D eigenvalue weighted by molar-refractivity contribution is 5.26. The molecule has 2 rings (SSSR count). The zero-order chi connectivity index (χ0) is 15.5. The lowest BCUT2D eigenvalue weighted by Crippen LogP contribution is -2.21. The Hall–Kier alpha value is -1.82. The standard InChI is InChI=1S/C15H18F3N3/c1-11(19-8-7-12-9-20-21(2)10-12)13-3-5-14(6-4-13)15(16,17)18/h3-6,9-11,19H,7-8H2,1-2H3. The Labute approximate surface area is 121 Å². The third kappa shape index (κ3) is 4.32. The van der Waals surface area contributed by atoms with Crippen molar-refractivity contribution in [3.63, 3.8) is 0 Å². The molecule has 6 heteroatoms. The van der Waals surface area contributed by atoms with E-state index in [9.17, 15) is 13.2 Å². The molecule has 0 spiro atoms. The molecule has 1 heterocycles. The van der Waals surface area contributed by atoms with Gasteiger partial charge in [-0.15, -0.1) is 0 Å². The van der Waals surface area contributed by atoms with Crippen molar-refractivity contribution in [1.82, 2.24) is 15.1 Å². The molecule has 0 amide bonds. The number of alkyl halides is 3. The first-order chi connectivity index (χ1) is 9.86. The van der Waals surface area contributed by atoms with Crippen LogP contribution < -0.4 is 5.32 Å². The Morgan fingerprint density at radius 2 is 1.90 bits per heavy atom. The molecular weight excluding hydrogens is 279 g/mol. The summed E-state index contributed by atoms with van der Waals surface area (Å²) in [7, 11) is 1.86. The van der Waals surface area contributed by atoms with E-state index in [1.54, 1.807) is 4.68 Å². The van der Waals surface area contributed by atoms with E-state index in [4.69, 9.17) is 0 Å². The summed E-state index contributed by atoms with van der Waals surface area (Å²) in [5, 5.41) is 7.38. The van der Waals surface area contributed by atoms with Crippen LogP contribution in [0.5, 0.6) is 0 Å². The van der Waals surface area contributed by atoms with Gasteiger partial charge in [0.2, 0.25) is 0 Å². The van der Waals surface area contributed by atoms with Gasteiger partial charge in [-0.1, -0.05) is 12.1 Å². The first-order valence-electron chi connectivity index (χ1n) is 6.74. The maximum atomic E-state index is 12.5. The monoisotopic (exact) mass is 297 g/mol. The summed E-state index contributed by atoms with van der Waals surface area (Å²) in [5.74, 6) is 0. The molecule has 0 bridgehead atoms. The van der Waals surface area contributed by atoms with Gasteiger partial charge in [0.15, 0.2) is 0 Å². The number of hydrogen-bond donors (Lipinski definition) is 1. The number of aryl methyl sites for hydroxylation is 1. The second kappa shape index (κ2) is 6.30. The maximum Gasteiger partial charge on any atom is 0.416 e. The molecule has 1 aromatic heterocycles. The van der Waals surface area contributed by atoms with Crippen LogP contribution in [-0.4, -0.2) is 16.3 Å². The topological polar surface area (TPSA) is 29.9 Å². The van der Waals surface area contributed by atoms with E-state index in [1.807, 2.05) is 26.4 Å². The van der Waals surface area contributed by atoms with Crippen LogP contribution in [0.25, 0.3) is 0 Å². The van der Waals surface area contributed by atoms with E-state index < -0.39 is 11.7 Å². The Kier molecular flexibility index (Phi) is 4.67. The van der Waals surface area contributed by atoms with Crippen molar-refractivity contribution in [2.45, 2.75) is 25.6 Å². The van der Waals surface area contributed by atoms with Crippen molar-refractivity contribution in [3.05, 3.63) is 53.3 Å². The molecule has 21 heavy (non-hydrogen) atoms. The van der Waals surface area contributed by atoms with Gasteiger partial charge in [0.25, 0.3) is 0 Å². The van der Waals surface area contributed by atoms with Crippen molar-refractivity contribution in [2.75, 3.05) is 6.54 Å². The van der Waals surface area contributed by atoms with Gasteiger partial charge >= 0.3 is 6.18 Å². The summed E-state index contributed by atoms with van der Waals surface area (Å²) in [5.41, 5.74) is 1.35. The Bertz CT molecular complexity index is 573. The average molecular weight is 297 g/mol. The third-order valence-corrected chi connectivity index (χ3v) is 3.36. The summed E-state index contributed by atoms with van der Waals surface area (Å²) in [6, 6.07) is 5.28. The Balaban J connectivity index is 1.87. The molecule has 1 N–H and O–H groups in total. The summed E-state index contributed by atoms with van der Waals surface area (Å²) in [6.07, 6.45) is 0.309. The summed E-state index contributed by atoms with van der Waals surface area (Å²) in [4.78, 5) is 0.